The first-order chi connectivity index (χ1) is 25.3. The Kier molecular flexibility index (Phi) is 13.6. The van der Waals surface area contributed by atoms with Crippen molar-refractivity contribution in [2.45, 2.75) is 19.6 Å². The molecule has 0 unspecified atom stereocenters. The van der Waals surface area contributed by atoms with Crippen molar-refractivity contribution in [2.24, 2.45) is 0 Å². The molecule has 0 fully saturated rings. The minimum Gasteiger partial charge on any atom is -0.473 e. The molecule has 4 aromatic carbocycles. The quantitative estimate of drug-likeness (QED) is 0.113. The van der Waals surface area contributed by atoms with Crippen molar-refractivity contribution in [3.63, 3.8) is 0 Å². The normalized spacial score (nSPS) is 10.1. The average molecular weight is 793 g/mol. The van der Waals surface area contributed by atoms with Crippen LogP contribution in [0, 0.1) is 22.7 Å². The lowest BCUT2D eigenvalue weighted by atomic mass is 10.2. The maximum atomic E-state index is 9.11. The lowest BCUT2D eigenvalue weighted by Crippen LogP contribution is -1.99. The summed E-state index contributed by atoms with van der Waals surface area (Å²) in [6.45, 7) is 4.58. The smallest absolute Gasteiger partial charge is 0.217 e. The number of halogens is 3. The highest BCUT2D eigenvalue weighted by molar-refractivity contribution is 9.10. The average Bonchev–Trinajstić information content (AvgIpc) is 3.16. The standard InChI is InChI=1S/C22H17ClN2O2.C19H12BrClN2O2/c1-2-6-18-14-25-22(26-15-16-7-4-3-5-8-16)12-21(18)27-20-10-17(13-24)9-19(23)11-20;20-17-11-23-19(24-12-13-4-2-1-3-5-13)9-18(17)25-16-7-14(10-22)6-15(21)8-16/h2-5,7-12,14H,1,6,15H2;1-9,11H,12H2. The van der Waals surface area contributed by atoms with E-state index in [0.29, 0.717) is 80.0 Å². The van der Waals surface area contributed by atoms with Crippen LogP contribution in [0.2, 0.25) is 10.0 Å². The Hall–Kier alpha value is -5.84. The predicted molar refractivity (Wildman–Crippen MR) is 204 cm³/mol. The molecule has 6 aromatic rings. The number of hydrogen-bond donors (Lipinski definition) is 0. The van der Waals surface area contributed by atoms with Crippen LogP contribution in [0.25, 0.3) is 0 Å². The summed E-state index contributed by atoms with van der Waals surface area (Å²) in [5.74, 6) is 2.92. The number of rotatable bonds is 12. The van der Waals surface area contributed by atoms with Crippen LogP contribution in [-0.4, -0.2) is 9.97 Å². The van der Waals surface area contributed by atoms with Gasteiger partial charge in [0, 0.05) is 40.1 Å². The maximum Gasteiger partial charge on any atom is 0.217 e. The fourth-order valence-electron chi connectivity index (χ4n) is 4.58. The van der Waals surface area contributed by atoms with E-state index in [4.69, 9.17) is 52.7 Å². The Morgan fingerprint density at radius 1 is 0.654 bits per heavy atom. The molecule has 0 aliphatic heterocycles. The lowest BCUT2D eigenvalue weighted by Gasteiger charge is -2.13. The number of benzene rings is 4. The maximum absolute atomic E-state index is 9.11. The fraction of sp³-hybridized carbons (Fsp3) is 0.0732. The van der Waals surface area contributed by atoms with Crippen LogP contribution in [0.5, 0.6) is 34.8 Å². The summed E-state index contributed by atoms with van der Waals surface area (Å²) in [6.07, 6.45) is 5.67. The van der Waals surface area contributed by atoms with Gasteiger partial charge in [-0.15, -0.1) is 6.58 Å². The highest BCUT2D eigenvalue weighted by Crippen LogP contribution is 2.34. The van der Waals surface area contributed by atoms with Crippen molar-refractivity contribution >= 4 is 39.1 Å². The summed E-state index contributed by atoms with van der Waals surface area (Å²) < 4.78 is 23.9. The molecule has 6 rings (SSSR count). The van der Waals surface area contributed by atoms with Gasteiger partial charge in [-0.2, -0.15) is 10.5 Å². The van der Waals surface area contributed by atoms with Crippen LogP contribution in [0.1, 0.15) is 27.8 Å². The number of ether oxygens (including phenoxy) is 4. The van der Waals surface area contributed by atoms with Crippen molar-refractivity contribution in [1.82, 2.24) is 9.97 Å². The largest absolute Gasteiger partial charge is 0.473 e. The van der Waals surface area contributed by atoms with Gasteiger partial charge in [0.2, 0.25) is 11.8 Å². The van der Waals surface area contributed by atoms with Gasteiger partial charge in [0.25, 0.3) is 0 Å². The van der Waals surface area contributed by atoms with E-state index in [1.807, 2.05) is 66.7 Å². The second kappa shape index (κ2) is 19.0. The van der Waals surface area contributed by atoms with E-state index < -0.39 is 0 Å². The molecule has 0 aliphatic rings. The Morgan fingerprint density at radius 3 is 1.63 bits per heavy atom. The van der Waals surface area contributed by atoms with Gasteiger partial charge in [-0.05, 0) is 69.9 Å². The van der Waals surface area contributed by atoms with E-state index in [0.717, 1.165) is 16.7 Å². The highest BCUT2D eigenvalue weighted by Gasteiger charge is 2.11. The van der Waals surface area contributed by atoms with Crippen LogP contribution in [0.4, 0.5) is 0 Å². The molecule has 0 N–H and O–H groups in total. The molecule has 8 nitrogen and oxygen atoms in total. The molecule has 0 atom stereocenters. The van der Waals surface area contributed by atoms with Crippen molar-refractivity contribution in [3.05, 3.63) is 177 Å². The predicted octanol–water partition coefficient (Wildman–Crippen LogP) is 11.4. The van der Waals surface area contributed by atoms with Gasteiger partial charge in [-0.25, -0.2) is 9.97 Å². The molecule has 0 radical (unpaired) electrons. The number of pyridine rings is 2. The summed E-state index contributed by atoms with van der Waals surface area (Å²) in [6, 6.07) is 36.9. The van der Waals surface area contributed by atoms with Gasteiger partial charge >= 0.3 is 0 Å². The minimum absolute atomic E-state index is 0.407. The first-order valence-electron chi connectivity index (χ1n) is 15.7. The van der Waals surface area contributed by atoms with Gasteiger partial charge in [0.15, 0.2) is 0 Å². The first-order valence-corrected chi connectivity index (χ1v) is 17.2. The summed E-state index contributed by atoms with van der Waals surface area (Å²) in [4.78, 5) is 8.56. The van der Waals surface area contributed by atoms with Crippen LogP contribution in [0.15, 0.2) is 139 Å². The molecule has 0 saturated carbocycles. The van der Waals surface area contributed by atoms with E-state index in [1.54, 1.807) is 67.0 Å². The van der Waals surface area contributed by atoms with E-state index in [9.17, 15) is 0 Å². The van der Waals surface area contributed by atoms with Crippen LogP contribution >= 0.6 is 39.1 Å². The minimum atomic E-state index is 0.407. The third-order valence-corrected chi connectivity index (χ3v) is 8.03. The first kappa shape index (κ1) is 37.4. The van der Waals surface area contributed by atoms with Crippen molar-refractivity contribution in [3.8, 4) is 46.9 Å². The molecule has 0 bridgehead atoms. The summed E-state index contributed by atoms with van der Waals surface area (Å²) in [5.41, 5.74) is 3.80. The summed E-state index contributed by atoms with van der Waals surface area (Å²) in [7, 11) is 0. The number of nitriles is 2. The molecule has 0 saturated heterocycles. The van der Waals surface area contributed by atoms with Crippen molar-refractivity contribution in [2.75, 3.05) is 0 Å². The lowest BCUT2D eigenvalue weighted by molar-refractivity contribution is 0.292. The summed E-state index contributed by atoms with van der Waals surface area (Å²) >= 11 is 15.5. The van der Waals surface area contributed by atoms with E-state index in [-0.39, 0.29) is 0 Å². The van der Waals surface area contributed by atoms with Crippen molar-refractivity contribution < 1.29 is 18.9 Å². The zero-order valence-corrected chi connectivity index (χ0v) is 30.6. The second-order valence-corrected chi connectivity index (χ2v) is 12.6. The SMILES string of the molecule is C=CCc1cnc(OCc2ccccc2)cc1Oc1cc(Cl)cc(C#N)c1.N#Cc1cc(Cl)cc(Oc2cc(OCc3ccccc3)ncc2Br)c1. The molecular weight excluding hydrogens is 763 g/mol. The van der Waals surface area contributed by atoms with Crippen LogP contribution < -0.4 is 18.9 Å². The van der Waals surface area contributed by atoms with E-state index in [2.05, 4.69) is 38.5 Å². The Labute approximate surface area is 320 Å². The Balaban J connectivity index is 0.000000202. The monoisotopic (exact) mass is 790 g/mol. The van der Waals surface area contributed by atoms with E-state index >= 15 is 0 Å². The number of hydrogen-bond acceptors (Lipinski definition) is 8. The molecule has 0 aliphatic carbocycles. The number of aromatic nitrogens is 2. The highest BCUT2D eigenvalue weighted by atomic mass is 79.9. The van der Waals surface area contributed by atoms with Gasteiger partial charge in [0.05, 0.1) is 27.7 Å². The molecular formula is C41H29BrCl2N4O4. The molecule has 0 amide bonds. The number of allylic oxidation sites excluding steroid dienone is 1. The molecule has 2 aromatic heterocycles. The van der Waals surface area contributed by atoms with Crippen LogP contribution in [-0.2, 0) is 19.6 Å². The van der Waals surface area contributed by atoms with Crippen molar-refractivity contribution in [1.29, 1.82) is 10.5 Å². The second-order valence-electron chi connectivity index (χ2n) is 10.9. The molecule has 0 spiro atoms. The number of nitrogens with zero attached hydrogens (tertiary/aromatic N) is 4. The molecule has 11 heteroatoms. The zero-order valence-electron chi connectivity index (χ0n) is 27.5. The third-order valence-electron chi connectivity index (χ3n) is 6.99. The zero-order chi connectivity index (χ0) is 36.7. The van der Waals surface area contributed by atoms with Gasteiger partial charge < -0.3 is 18.9 Å². The van der Waals surface area contributed by atoms with Crippen LogP contribution in [0.3, 0.4) is 0 Å². The fourth-order valence-corrected chi connectivity index (χ4v) is 5.33. The molecule has 2 heterocycles. The molecule has 52 heavy (non-hydrogen) atoms. The Morgan fingerprint density at radius 2 is 1.13 bits per heavy atom. The Bertz CT molecular complexity index is 2230. The third kappa shape index (κ3) is 11.3. The van der Waals surface area contributed by atoms with E-state index in [1.165, 1.54) is 0 Å². The topological polar surface area (TPSA) is 110 Å². The molecule has 258 valence electrons. The summed E-state index contributed by atoms with van der Waals surface area (Å²) in [5, 5.41) is 19.0. The van der Waals surface area contributed by atoms with Gasteiger partial charge in [-0.1, -0.05) is 89.9 Å². The van der Waals surface area contributed by atoms with Gasteiger partial charge in [-0.3, -0.25) is 0 Å². The van der Waals surface area contributed by atoms with Gasteiger partial charge in [0.1, 0.15) is 36.2 Å².